The molecule has 1 aliphatic heterocycles. The van der Waals surface area contributed by atoms with Crippen molar-refractivity contribution in [3.8, 4) is 0 Å². The van der Waals surface area contributed by atoms with E-state index >= 15 is 0 Å². The molecule has 1 atom stereocenters. The van der Waals surface area contributed by atoms with E-state index in [1.54, 1.807) is 0 Å². The van der Waals surface area contributed by atoms with E-state index in [2.05, 4.69) is 10.2 Å². The summed E-state index contributed by atoms with van der Waals surface area (Å²) >= 11 is 0. The zero-order valence-electron chi connectivity index (χ0n) is 13.0. The third-order valence-corrected chi connectivity index (χ3v) is 5.04. The Bertz CT molecular complexity index is 412. The van der Waals surface area contributed by atoms with E-state index in [4.69, 9.17) is 9.84 Å². The Morgan fingerprint density at radius 1 is 1.23 bits per heavy atom. The van der Waals surface area contributed by atoms with Crippen LogP contribution < -0.4 is 5.32 Å². The van der Waals surface area contributed by atoms with Gasteiger partial charge in [-0.15, -0.1) is 0 Å². The first-order chi connectivity index (χ1) is 10.6. The fraction of sp³-hybridized carbons (Fsp3) is 0.875. The van der Waals surface area contributed by atoms with Gasteiger partial charge in [-0.05, 0) is 44.4 Å². The van der Waals surface area contributed by atoms with Crippen LogP contribution in [0.5, 0.6) is 0 Å². The summed E-state index contributed by atoms with van der Waals surface area (Å²) in [4.78, 5) is 25.2. The quantitative estimate of drug-likeness (QED) is 0.729. The smallest absolute Gasteiger partial charge is 0.317 e. The van der Waals surface area contributed by atoms with Gasteiger partial charge in [0.2, 0.25) is 5.91 Å². The molecular formula is C16H26N2O4. The lowest BCUT2D eigenvalue weighted by molar-refractivity contribution is -0.140. The molecule has 3 fully saturated rings. The number of carbonyl (C=O) groups excluding carboxylic acids is 1. The Morgan fingerprint density at radius 2 is 2.00 bits per heavy atom. The number of carbonyl (C=O) groups is 2. The SMILES string of the molecule is O=C(O)CN(CC1CC1)C1CC(NC(=O)[C@@H]2CCCOC2)C1. The fourth-order valence-electron chi connectivity index (χ4n) is 3.42. The highest BCUT2D eigenvalue weighted by atomic mass is 16.5. The molecule has 0 aromatic carbocycles. The zero-order valence-corrected chi connectivity index (χ0v) is 13.0. The van der Waals surface area contributed by atoms with Gasteiger partial charge in [-0.3, -0.25) is 14.5 Å². The lowest BCUT2D eigenvalue weighted by Crippen LogP contribution is -2.56. The number of ether oxygens (including phenoxy) is 1. The minimum Gasteiger partial charge on any atom is -0.480 e. The Morgan fingerprint density at radius 3 is 2.59 bits per heavy atom. The normalized spacial score (nSPS) is 31.6. The molecule has 1 saturated heterocycles. The van der Waals surface area contributed by atoms with Crippen molar-refractivity contribution < 1.29 is 19.4 Å². The topological polar surface area (TPSA) is 78.9 Å². The highest BCUT2D eigenvalue weighted by molar-refractivity contribution is 5.79. The first-order valence-corrected chi connectivity index (χ1v) is 8.45. The fourth-order valence-corrected chi connectivity index (χ4v) is 3.42. The van der Waals surface area contributed by atoms with E-state index in [1.165, 1.54) is 12.8 Å². The predicted octanol–water partition coefficient (Wildman–Crippen LogP) is 0.857. The maximum absolute atomic E-state index is 12.1. The molecule has 1 heterocycles. The van der Waals surface area contributed by atoms with Gasteiger partial charge in [0, 0.05) is 25.2 Å². The minimum absolute atomic E-state index is 0.00520. The lowest BCUT2D eigenvalue weighted by atomic mass is 9.84. The van der Waals surface area contributed by atoms with Crippen LogP contribution in [0.15, 0.2) is 0 Å². The van der Waals surface area contributed by atoms with Crippen LogP contribution in [0.2, 0.25) is 0 Å². The molecule has 0 spiro atoms. The first kappa shape index (κ1) is 15.7. The van der Waals surface area contributed by atoms with Gasteiger partial charge in [-0.1, -0.05) is 0 Å². The number of hydrogen-bond acceptors (Lipinski definition) is 4. The third-order valence-electron chi connectivity index (χ3n) is 5.04. The molecule has 2 N–H and O–H groups in total. The minimum atomic E-state index is -0.757. The summed E-state index contributed by atoms with van der Waals surface area (Å²) in [5.41, 5.74) is 0. The van der Waals surface area contributed by atoms with E-state index in [9.17, 15) is 9.59 Å². The molecule has 0 aromatic heterocycles. The summed E-state index contributed by atoms with van der Waals surface area (Å²) < 4.78 is 5.36. The van der Waals surface area contributed by atoms with E-state index in [0.717, 1.165) is 38.8 Å². The average molecular weight is 310 g/mol. The Balaban J connectivity index is 1.41. The van der Waals surface area contributed by atoms with Crippen LogP contribution in [-0.4, -0.2) is 60.3 Å². The number of hydrogen-bond donors (Lipinski definition) is 2. The van der Waals surface area contributed by atoms with Crippen LogP contribution in [0.4, 0.5) is 0 Å². The number of aliphatic carboxylic acids is 1. The van der Waals surface area contributed by atoms with Crippen molar-refractivity contribution in [3.63, 3.8) is 0 Å². The maximum atomic E-state index is 12.1. The van der Waals surface area contributed by atoms with E-state index < -0.39 is 5.97 Å². The molecule has 0 radical (unpaired) electrons. The largest absolute Gasteiger partial charge is 0.480 e. The second-order valence-corrected chi connectivity index (χ2v) is 7.01. The van der Waals surface area contributed by atoms with Crippen LogP contribution in [0.1, 0.15) is 38.5 Å². The number of amides is 1. The molecule has 22 heavy (non-hydrogen) atoms. The Hall–Kier alpha value is -1.14. The van der Waals surface area contributed by atoms with Crippen LogP contribution >= 0.6 is 0 Å². The lowest BCUT2D eigenvalue weighted by Gasteiger charge is -2.43. The van der Waals surface area contributed by atoms with Gasteiger partial charge >= 0.3 is 5.97 Å². The molecule has 6 heteroatoms. The summed E-state index contributed by atoms with van der Waals surface area (Å²) in [5.74, 6) is 0.0318. The van der Waals surface area contributed by atoms with Crippen LogP contribution in [0, 0.1) is 11.8 Å². The van der Waals surface area contributed by atoms with Gasteiger partial charge in [-0.25, -0.2) is 0 Å². The Labute approximate surface area is 131 Å². The van der Waals surface area contributed by atoms with Crippen LogP contribution in [-0.2, 0) is 14.3 Å². The molecule has 6 nitrogen and oxygen atoms in total. The van der Waals surface area contributed by atoms with Crippen molar-refractivity contribution in [1.29, 1.82) is 0 Å². The van der Waals surface area contributed by atoms with Crippen molar-refractivity contribution in [2.24, 2.45) is 11.8 Å². The van der Waals surface area contributed by atoms with Gasteiger partial charge in [0.25, 0.3) is 0 Å². The van der Waals surface area contributed by atoms with Gasteiger partial charge < -0.3 is 15.2 Å². The van der Waals surface area contributed by atoms with Crippen LogP contribution in [0.25, 0.3) is 0 Å². The standard InChI is InChI=1S/C16H26N2O4/c19-15(20)9-18(8-11-3-4-11)14-6-13(7-14)17-16(21)12-2-1-5-22-10-12/h11-14H,1-10H2,(H,17,21)(H,19,20)/t12-,13?,14?/m1/s1. The molecule has 3 rings (SSSR count). The number of rotatable bonds is 7. The second kappa shape index (κ2) is 6.96. The average Bonchev–Trinajstić information content (AvgIpc) is 3.26. The van der Waals surface area contributed by atoms with Gasteiger partial charge in [0.05, 0.1) is 19.1 Å². The van der Waals surface area contributed by atoms with E-state index in [1.807, 2.05) is 0 Å². The molecule has 3 aliphatic rings. The van der Waals surface area contributed by atoms with Crippen molar-refractivity contribution in [3.05, 3.63) is 0 Å². The van der Waals surface area contributed by atoms with Gasteiger partial charge in [-0.2, -0.15) is 0 Å². The summed E-state index contributed by atoms with van der Waals surface area (Å²) in [6.45, 7) is 2.32. The maximum Gasteiger partial charge on any atom is 0.317 e. The molecule has 2 aliphatic carbocycles. The number of carboxylic acid groups (broad SMARTS) is 1. The third kappa shape index (κ3) is 4.20. The predicted molar refractivity (Wildman–Crippen MR) is 80.4 cm³/mol. The highest BCUT2D eigenvalue weighted by Gasteiger charge is 2.38. The molecule has 0 bridgehead atoms. The molecule has 1 amide bonds. The van der Waals surface area contributed by atoms with Crippen molar-refractivity contribution in [2.45, 2.75) is 50.6 Å². The summed E-state index contributed by atoms with van der Waals surface area (Å²) in [6, 6.07) is 0.513. The molecule has 0 unspecified atom stereocenters. The van der Waals surface area contributed by atoms with Crippen molar-refractivity contribution >= 4 is 11.9 Å². The summed E-state index contributed by atoms with van der Waals surface area (Å²) in [5, 5.41) is 12.1. The van der Waals surface area contributed by atoms with Crippen molar-refractivity contribution in [1.82, 2.24) is 10.2 Å². The monoisotopic (exact) mass is 310 g/mol. The highest BCUT2D eigenvalue weighted by Crippen LogP contribution is 2.33. The Kier molecular flexibility index (Phi) is 4.98. The molecule has 2 saturated carbocycles. The first-order valence-electron chi connectivity index (χ1n) is 8.45. The molecular weight excluding hydrogens is 284 g/mol. The van der Waals surface area contributed by atoms with Gasteiger partial charge in [0.1, 0.15) is 0 Å². The van der Waals surface area contributed by atoms with E-state index in [0.29, 0.717) is 18.6 Å². The van der Waals surface area contributed by atoms with Crippen molar-refractivity contribution in [2.75, 3.05) is 26.3 Å². The van der Waals surface area contributed by atoms with Gasteiger partial charge in [0.15, 0.2) is 0 Å². The summed E-state index contributed by atoms with van der Waals surface area (Å²) in [7, 11) is 0. The second-order valence-electron chi connectivity index (χ2n) is 7.01. The van der Waals surface area contributed by atoms with E-state index in [-0.39, 0.29) is 24.4 Å². The summed E-state index contributed by atoms with van der Waals surface area (Å²) in [6.07, 6.45) is 6.07. The number of carboxylic acids is 1. The number of nitrogens with zero attached hydrogens (tertiary/aromatic N) is 1. The molecule has 124 valence electrons. The van der Waals surface area contributed by atoms with Crippen LogP contribution in [0.3, 0.4) is 0 Å². The number of nitrogens with one attached hydrogen (secondary N) is 1. The molecule has 0 aromatic rings. The zero-order chi connectivity index (χ0) is 15.5.